The van der Waals surface area contributed by atoms with Crippen LogP contribution in [-0.4, -0.2) is 34.8 Å². The van der Waals surface area contributed by atoms with Gasteiger partial charge in [-0.2, -0.15) is 4.99 Å². The maximum atomic E-state index is 12.6. The van der Waals surface area contributed by atoms with Crippen LogP contribution in [0.15, 0.2) is 38.0 Å². The number of hydrogen-bond acceptors (Lipinski definition) is 5. The number of amidine groups is 1. The summed E-state index contributed by atoms with van der Waals surface area (Å²) in [6.07, 6.45) is 5.74. The first-order chi connectivity index (χ1) is 11.8. The lowest BCUT2D eigenvalue weighted by Crippen LogP contribution is -2.33. The van der Waals surface area contributed by atoms with E-state index in [1.807, 2.05) is 11.3 Å². The minimum atomic E-state index is -0.136. The molecule has 2 unspecified atom stereocenters. The Morgan fingerprint density at radius 3 is 3.08 bits per heavy atom. The summed E-state index contributed by atoms with van der Waals surface area (Å²) in [7, 11) is 0. The molecule has 1 amide bonds. The van der Waals surface area contributed by atoms with E-state index < -0.39 is 0 Å². The predicted octanol–water partition coefficient (Wildman–Crippen LogP) is 4.02. The molecule has 0 bridgehead atoms. The number of nitrogens with zero attached hydrogens (tertiary/aromatic N) is 3. The first-order valence-corrected chi connectivity index (χ1v) is 10.4. The first kappa shape index (κ1) is 15.0. The Bertz CT molecular complexity index is 778. The quantitative estimate of drug-likeness (QED) is 0.821. The van der Waals surface area contributed by atoms with Crippen LogP contribution in [0, 0.1) is 5.92 Å². The number of likely N-dealkylation sites (tertiary alicyclic amines) is 1. The molecular formula is C18H19N3OS2. The average molecular weight is 358 g/mol. The lowest BCUT2D eigenvalue weighted by molar-refractivity contribution is -0.118. The molecule has 1 aromatic heterocycles. The fourth-order valence-electron chi connectivity index (χ4n) is 4.25. The summed E-state index contributed by atoms with van der Waals surface area (Å²) < 4.78 is 0. The number of aliphatic imine (C=N–C) groups is 2. The minimum Gasteiger partial charge on any atom is -0.288 e. The van der Waals surface area contributed by atoms with Gasteiger partial charge in [0.05, 0.1) is 11.6 Å². The number of amides is 1. The molecule has 4 aliphatic rings. The third kappa shape index (κ3) is 2.43. The van der Waals surface area contributed by atoms with E-state index >= 15 is 0 Å². The molecule has 1 saturated heterocycles. The van der Waals surface area contributed by atoms with Crippen molar-refractivity contribution in [2.75, 3.05) is 13.1 Å². The van der Waals surface area contributed by atoms with Crippen LogP contribution in [0.25, 0.3) is 0 Å². The lowest BCUT2D eigenvalue weighted by atomic mass is 9.98. The third-order valence-electron chi connectivity index (χ3n) is 5.34. The van der Waals surface area contributed by atoms with Crippen molar-refractivity contribution in [3.63, 3.8) is 0 Å². The Balaban J connectivity index is 1.36. The number of carbonyl (C=O) groups is 1. The molecule has 1 aliphatic carbocycles. The van der Waals surface area contributed by atoms with Gasteiger partial charge in [-0.15, -0.1) is 11.3 Å². The van der Waals surface area contributed by atoms with Gasteiger partial charge < -0.3 is 0 Å². The van der Waals surface area contributed by atoms with Gasteiger partial charge in [0.2, 0.25) is 0 Å². The van der Waals surface area contributed by atoms with Crippen molar-refractivity contribution in [1.82, 2.24) is 4.90 Å². The fraction of sp³-hybridized carbons (Fsp3) is 0.500. The molecule has 2 atom stereocenters. The number of thiophene rings is 1. The summed E-state index contributed by atoms with van der Waals surface area (Å²) in [6, 6.07) is 4.79. The van der Waals surface area contributed by atoms with Crippen molar-refractivity contribution < 1.29 is 4.79 Å². The lowest BCUT2D eigenvalue weighted by Gasteiger charge is -2.24. The van der Waals surface area contributed by atoms with Crippen LogP contribution in [0.2, 0.25) is 0 Å². The minimum absolute atomic E-state index is 0.0151. The smallest absolute Gasteiger partial charge is 0.261 e. The highest BCUT2D eigenvalue weighted by Gasteiger charge is 2.42. The molecule has 3 aliphatic heterocycles. The van der Waals surface area contributed by atoms with E-state index in [-0.39, 0.29) is 11.8 Å². The van der Waals surface area contributed by atoms with Crippen LogP contribution in [0.4, 0.5) is 0 Å². The fourth-order valence-corrected chi connectivity index (χ4v) is 6.51. The standard InChI is InChI=1S/C18H19N3OS2/c22-17-16-11-4-1-6-13(11)24-18(16)20-15(19-17)10-21-8-2-5-12(21)14-7-3-9-23-14/h3,7,9,12,16H,1-2,4-6,8,10H2. The average Bonchev–Trinajstić information content (AvgIpc) is 3.30. The number of hydrogen-bond donors (Lipinski definition) is 0. The molecule has 1 aromatic rings. The van der Waals surface area contributed by atoms with Gasteiger partial charge in [-0.05, 0) is 60.6 Å². The summed E-state index contributed by atoms with van der Waals surface area (Å²) in [5, 5.41) is 3.13. The zero-order valence-corrected chi connectivity index (χ0v) is 15.0. The van der Waals surface area contributed by atoms with Gasteiger partial charge in [0.15, 0.2) is 0 Å². The van der Waals surface area contributed by atoms with E-state index in [1.165, 1.54) is 34.6 Å². The molecular weight excluding hydrogens is 338 g/mol. The van der Waals surface area contributed by atoms with Crippen molar-refractivity contribution in [2.24, 2.45) is 15.9 Å². The second-order valence-electron chi connectivity index (χ2n) is 6.80. The summed E-state index contributed by atoms with van der Waals surface area (Å²) in [5.74, 6) is 0.590. The third-order valence-corrected chi connectivity index (χ3v) is 7.56. The largest absolute Gasteiger partial charge is 0.288 e. The highest BCUT2D eigenvalue weighted by Crippen LogP contribution is 2.48. The van der Waals surface area contributed by atoms with E-state index in [9.17, 15) is 4.79 Å². The molecule has 5 rings (SSSR count). The zero-order chi connectivity index (χ0) is 16.1. The molecule has 4 nitrogen and oxygen atoms in total. The van der Waals surface area contributed by atoms with Crippen LogP contribution in [0.1, 0.15) is 43.0 Å². The Morgan fingerprint density at radius 2 is 2.21 bits per heavy atom. The molecule has 0 spiro atoms. The maximum absolute atomic E-state index is 12.6. The second-order valence-corrected chi connectivity index (χ2v) is 8.89. The number of rotatable bonds is 3. The van der Waals surface area contributed by atoms with E-state index in [0.29, 0.717) is 18.4 Å². The van der Waals surface area contributed by atoms with E-state index in [1.54, 1.807) is 11.8 Å². The van der Waals surface area contributed by atoms with E-state index in [0.717, 1.165) is 24.4 Å². The summed E-state index contributed by atoms with van der Waals surface area (Å²) in [6.45, 7) is 1.75. The molecule has 24 heavy (non-hydrogen) atoms. The molecule has 0 N–H and O–H groups in total. The van der Waals surface area contributed by atoms with Gasteiger partial charge in [0.25, 0.3) is 5.91 Å². The van der Waals surface area contributed by atoms with Crippen LogP contribution in [-0.2, 0) is 4.79 Å². The zero-order valence-electron chi connectivity index (χ0n) is 13.4. The van der Waals surface area contributed by atoms with Crippen molar-refractivity contribution in [3.05, 3.63) is 32.9 Å². The Hall–Kier alpha value is -1.24. The van der Waals surface area contributed by atoms with E-state index in [4.69, 9.17) is 4.99 Å². The van der Waals surface area contributed by atoms with Crippen LogP contribution >= 0.6 is 23.1 Å². The summed E-state index contributed by atoms with van der Waals surface area (Å²) in [5.41, 5.74) is 1.31. The summed E-state index contributed by atoms with van der Waals surface area (Å²) in [4.78, 5) is 27.0. The summed E-state index contributed by atoms with van der Waals surface area (Å²) >= 11 is 3.56. The van der Waals surface area contributed by atoms with Gasteiger partial charge in [0, 0.05) is 10.9 Å². The van der Waals surface area contributed by atoms with Gasteiger partial charge in [0.1, 0.15) is 11.8 Å². The topological polar surface area (TPSA) is 45.0 Å². The Kier molecular flexibility index (Phi) is 3.72. The second kappa shape index (κ2) is 5.93. The van der Waals surface area contributed by atoms with Crippen LogP contribution in [0.5, 0.6) is 0 Å². The highest BCUT2D eigenvalue weighted by atomic mass is 32.2. The van der Waals surface area contributed by atoms with E-state index in [2.05, 4.69) is 27.4 Å². The SMILES string of the molecule is O=C1N=C(CN2CCCC2c2cccs2)N=C2SC3=C(CCC3)C12. The molecule has 0 aromatic carbocycles. The maximum Gasteiger partial charge on any atom is 0.261 e. The Labute approximate surface area is 149 Å². The number of allylic oxidation sites excluding steroid dienone is 1. The monoisotopic (exact) mass is 357 g/mol. The number of thioether (sulfide) groups is 1. The van der Waals surface area contributed by atoms with Crippen LogP contribution in [0.3, 0.4) is 0 Å². The van der Waals surface area contributed by atoms with Crippen molar-refractivity contribution in [3.8, 4) is 0 Å². The van der Waals surface area contributed by atoms with Crippen molar-refractivity contribution in [1.29, 1.82) is 0 Å². The molecule has 6 heteroatoms. The van der Waals surface area contributed by atoms with Gasteiger partial charge in [-0.3, -0.25) is 9.69 Å². The predicted molar refractivity (Wildman–Crippen MR) is 99.7 cm³/mol. The van der Waals surface area contributed by atoms with Gasteiger partial charge in [-0.1, -0.05) is 17.8 Å². The molecule has 0 saturated carbocycles. The molecule has 124 valence electrons. The highest BCUT2D eigenvalue weighted by molar-refractivity contribution is 8.17. The molecule has 4 heterocycles. The number of carbonyl (C=O) groups excluding carboxylic acids is 1. The molecule has 0 radical (unpaired) electrons. The van der Waals surface area contributed by atoms with Gasteiger partial charge >= 0.3 is 0 Å². The van der Waals surface area contributed by atoms with Gasteiger partial charge in [-0.25, -0.2) is 4.99 Å². The molecule has 1 fully saturated rings. The van der Waals surface area contributed by atoms with Crippen LogP contribution < -0.4 is 0 Å². The number of fused-ring (bicyclic) bond motifs is 2. The van der Waals surface area contributed by atoms with Crippen molar-refractivity contribution in [2.45, 2.75) is 38.1 Å². The normalized spacial score (nSPS) is 29.8. The first-order valence-electron chi connectivity index (χ1n) is 8.67. The van der Waals surface area contributed by atoms with Crippen molar-refractivity contribution >= 4 is 39.9 Å². The Morgan fingerprint density at radius 1 is 1.25 bits per heavy atom.